The fraction of sp³-hybridized carbons (Fsp3) is 0.143. The van der Waals surface area contributed by atoms with E-state index in [4.69, 9.17) is 0 Å². The van der Waals surface area contributed by atoms with Gasteiger partial charge in [0.2, 0.25) is 5.91 Å². The number of nitrogens with zero attached hydrogens (tertiary/aromatic N) is 1. The van der Waals surface area contributed by atoms with Gasteiger partial charge in [0.25, 0.3) is 0 Å². The predicted octanol–water partition coefficient (Wildman–Crippen LogP) is 5.01. The zero-order valence-corrected chi connectivity index (χ0v) is 15.1. The standard InChI is InChI=1S/C21H20N2OS/c1-15(22-19(24)14-13-17-9-5-3-6-10-17)20-16(2)23-21(25-20)18-11-7-4-8-12-18/h3-15H,1-2H3,(H,22,24). The summed E-state index contributed by atoms with van der Waals surface area (Å²) >= 11 is 1.63. The van der Waals surface area contributed by atoms with Crippen LogP contribution in [0.25, 0.3) is 16.6 Å². The Bertz CT molecular complexity index is 869. The van der Waals surface area contributed by atoms with Crippen LogP contribution in [0.2, 0.25) is 0 Å². The molecule has 4 heteroatoms. The molecule has 1 atom stereocenters. The molecule has 0 bridgehead atoms. The van der Waals surface area contributed by atoms with Crippen molar-refractivity contribution in [1.82, 2.24) is 10.3 Å². The van der Waals surface area contributed by atoms with Gasteiger partial charge in [-0.1, -0.05) is 60.7 Å². The maximum absolute atomic E-state index is 12.2. The Morgan fingerprint density at radius 1 is 1.08 bits per heavy atom. The molecular weight excluding hydrogens is 328 g/mol. The van der Waals surface area contributed by atoms with E-state index in [1.165, 1.54) is 0 Å². The molecule has 0 saturated carbocycles. The first-order chi connectivity index (χ1) is 12.1. The number of aromatic nitrogens is 1. The number of nitrogens with one attached hydrogen (secondary N) is 1. The van der Waals surface area contributed by atoms with Gasteiger partial charge in [0.15, 0.2) is 0 Å². The second-order valence-electron chi connectivity index (χ2n) is 5.81. The first kappa shape index (κ1) is 17.1. The number of amides is 1. The summed E-state index contributed by atoms with van der Waals surface area (Å²) in [7, 11) is 0. The molecule has 1 N–H and O–H groups in total. The van der Waals surface area contributed by atoms with Crippen LogP contribution in [0, 0.1) is 6.92 Å². The lowest BCUT2D eigenvalue weighted by molar-refractivity contribution is -0.117. The van der Waals surface area contributed by atoms with Gasteiger partial charge in [0, 0.05) is 11.6 Å². The molecule has 0 aliphatic rings. The van der Waals surface area contributed by atoms with Gasteiger partial charge in [0.1, 0.15) is 5.01 Å². The van der Waals surface area contributed by atoms with Crippen molar-refractivity contribution in [3.8, 4) is 10.6 Å². The van der Waals surface area contributed by atoms with Crippen molar-refractivity contribution < 1.29 is 4.79 Å². The van der Waals surface area contributed by atoms with E-state index in [-0.39, 0.29) is 11.9 Å². The molecule has 1 aromatic heterocycles. The van der Waals surface area contributed by atoms with Crippen LogP contribution in [0.1, 0.15) is 29.1 Å². The Balaban J connectivity index is 1.69. The van der Waals surface area contributed by atoms with Crippen molar-refractivity contribution in [2.75, 3.05) is 0 Å². The minimum Gasteiger partial charge on any atom is -0.345 e. The first-order valence-corrected chi connectivity index (χ1v) is 9.01. The van der Waals surface area contributed by atoms with Crippen LogP contribution in [0.4, 0.5) is 0 Å². The van der Waals surface area contributed by atoms with Gasteiger partial charge in [-0.25, -0.2) is 4.98 Å². The quantitative estimate of drug-likeness (QED) is 0.659. The molecule has 3 aromatic rings. The predicted molar refractivity (Wildman–Crippen MR) is 104 cm³/mol. The van der Waals surface area contributed by atoms with Crippen LogP contribution in [0.15, 0.2) is 66.7 Å². The highest BCUT2D eigenvalue weighted by Crippen LogP contribution is 2.31. The molecular formula is C21H20N2OS. The number of benzene rings is 2. The molecule has 0 radical (unpaired) electrons. The van der Waals surface area contributed by atoms with Crippen LogP contribution in [-0.2, 0) is 4.79 Å². The average molecular weight is 348 g/mol. The zero-order chi connectivity index (χ0) is 17.6. The van der Waals surface area contributed by atoms with Gasteiger partial charge in [0.05, 0.1) is 16.6 Å². The summed E-state index contributed by atoms with van der Waals surface area (Å²) in [4.78, 5) is 17.9. The smallest absolute Gasteiger partial charge is 0.244 e. The molecule has 0 aliphatic heterocycles. The third-order valence-electron chi connectivity index (χ3n) is 3.83. The lowest BCUT2D eigenvalue weighted by atomic mass is 10.2. The van der Waals surface area contributed by atoms with E-state index in [1.807, 2.05) is 80.6 Å². The summed E-state index contributed by atoms with van der Waals surface area (Å²) in [5.41, 5.74) is 3.07. The fourth-order valence-electron chi connectivity index (χ4n) is 2.58. The van der Waals surface area contributed by atoms with Crippen LogP contribution in [0.3, 0.4) is 0 Å². The van der Waals surface area contributed by atoms with E-state index in [9.17, 15) is 4.79 Å². The average Bonchev–Trinajstić information content (AvgIpc) is 3.03. The Kier molecular flexibility index (Phi) is 5.41. The number of rotatable bonds is 5. The highest BCUT2D eigenvalue weighted by atomic mass is 32.1. The minimum atomic E-state index is -0.106. The second kappa shape index (κ2) is 7.90. The number of thiazole rings is 1. The summed E-state index contributed by atoms with van der Waals surface area (Å²) in [6.07, 6.45) is 3.39. The van der Waals surface area contributed by atoms with Crippen LogP contribution < -0.4 is 5.32 Å². The van der Waals surface area contributed by atoms with E-state index in [0.29, 0.717) is 0 Å². The zero-order valence-electron chi connectivity index (χ0n) is 14.3. The summed E-state index contributed by atoms with van der Waals surface area (Å²) < 4.78 is 0. The Labute approximate surface area is 152 Å². The van der Waals surface area contributed by atoms with Gasteiger partial charge >= 0.3 is 0 Å². The molecule has 1 heterocycles. The highest BCUT2D eigenvalue weighted by Gasteiger charge is 2.16. The molecule has 0 aliphatic carbocycles. The van der Waals surface area contributed by atoms with Crippen molar-refractivity contribution in [2.45, 2.75) is 19.9 Å². The summed E-state index contributed by atoms with van der Waals surface area (Å²) in [5, 5.41) is 4.00. The van der Waals surface area contributed by atoms with E-state index >= 15 is 0 Å². The Morgan fingerprint density at radius 3 is 2.40 bits per heavy atom. The van der Waals surface area contributed by atoms with Crippen molar-refractivity contribution in [3.63, 3.8) is 0 Å². The molecule has 3 nitrogen and oxygen atoms in total. The van der Waals surface area contributed by atoms with Crippen LogP contribution in [-0.4, -0.2) is 10.9 Å². The van der Waals surface area contributed by atoms with Crippen molar-refractivity contribution in [2.24, 2.45) is 0 Å². The van der Waals surface area contributed by atoms with Gasteiger partial charge in [-0.2, -0.15) is 0 Å². The van der Waals surface area contributed by atoms with Crippen molar-refractivity contribution >= 4 is 23.3 Å². The molecule has 1 unspecified atom stereocenters. The number of aryl methyl sites for hydroxylation is 1. The molecule has 0 saturated heterocycles. The fourth-order valence-corrected chi connectivity index (χ4v) is 3.65. The molecule has 126 valence electrons. The maximum atomic E-state index is 12.2. The third kappa shape index (κ3) is 4.43. The Morgan fingerprint density at radius 2 is 1.72 bits per heavy atom. The monoisotopic (exact) mass is 348 g/mol. The first-order valence-electron chi connectivity index (χ1n) is 8.20. The number of carbonyl (C=O) groups excluding carboxylic acids is 1. The molecule has 0 spiro atoms. The third-order valence-corrected chi connectivity index (χ3v) is 5.22. The molecule has 25 heavy (non-hydrogen) atoms. The van der Waals surface area contributed by atoms with Gasteiger partial charge < -0.3 is 5.32 Å². The second-order valence-corrected chi connectivity index (χ2v) is 6.84. The molecule has 3 rings (SSSR count). The van der Waals surface area contributed by atoms with Crippen molar-refractivity contribution in [3.05, 3.63) is 82.9 Å². The largest absolute Gasteiger partial charge is 0.345 e. The van der Waals surface area contributed by atoms with Crippen LogP contribution in [0.5, 0.6) is 0 Å². The van der Waals surface area contributed by atoms with Gasteiger partial charge in [-0.05, 0) is 25.5 Å². The molecule has 2 aromatic carbocycles. The number of carbonyl (C=O) groups is 1. The van der Waals surface area contributed by atoms with Gasteiger partial charge in [-0.15, -0.1) is 11.3 Å². The minimum absolute atomic E-state index is 0.0807. The topological polar surface area (TPSA) is 42.0 Å². The molecule has 0 fully saturated rings. The van der Waals surface area contributed by atoms with Crippen LogP contribution >= 0.6 is 11.3 Å². The lowest BCUT2D eigenvalue weighted by Crippen LogP contribution is -2.24. The van der Waals surface area contributed by atoms with E-state index in [1.54, 1.807) is 17.4 Å². The SMILES string of the molecule is Cc1nc(-c2ccccc2)sc1C(C)NC(=O)C=Cc1ccccc1. The number of hydrogen-bond donors (Lipinski definition) is 1. The number of hydrogen-bond acceptors (Lipinski definition) is 3. The Hall–Kier alpha value is -2.72. The normalized spacial score (nSPS) is 12.2. The van der Waals surface area contributed by atoms with Crippen molar-refractivity contribution in [1.29, 1.82) is 0 Å². The van der Waals surface area contributed by atoms with E-state index < -0.39 is 0 Å². The highest BCUT2D eigenvalue weighted by molar-refractivity contribution is 7.15. The summed E-state index contributed by atoms with van der Waals surface area (Å²) in [5.74, 6) is -0.106. The molecule has 1 amide bonds. The van der Waals surface area contributed by atoms with E-state index in [0.717, 1.165) is 26.7 Å². The lowest BCUT2D eigenvalue weighted by Gasteiger charge is -2.11. The summed E-state index contributed by atoms with van der Waals surface area (Å²) in [6, 6.07) is 19.8. The van der Waals surface area contributed by atoms with Gasteiger partial charge in [-0.3, -0.25) is 4.79 Å². The maximum Gasteiger partial charge on any atom is 0.244 e. The summed E-state index contributed by atoms with van der Waals surface area (Å²) in [6.45, 7) is 3.98. The van der Waals surface area contributed by atoms with E-state index in [2.05, 4.69) is 10.3 Å².